The van der Waals surface area contributed by atoms with E-state index in [-0.39, 0.29) is 24.9 Å². The van der Waals surface area contributed by atoms with Gasteiger partial charge in [-0.2, -0.15) is 0 Å². The van der Waals surface area contributed by atoms with Crippen LogP contribution in [0, 0.1) is 0 Å². The standard InChI is InChI=1S/C59H105NO5/c1-4-7-10-13-16-19-22-25-27-29-31-33-35-38-41-44-47-50-55(65-59(64)52-49-46-43-40-37-34-32-30-28-26-23-20-17-14-11-8-5-2)53-58(63)60-56(54-61)57(62)51-48-45-42-39-36-24-21-18-15-12-9-6-3/h16-17,19-20,25-28,31,33,38,41,55-57,61-62H,4-15,18,21-24,29-30,32,34-37,39-40,42-54H2,1-3H3,(H,60,63)/b19-16-,20-17-,27-25-,28-26-,33-31-,41-38-. The van der Waals surface area contributed by atoms with Gasteiger partial charge in [-0.25, -0.2) is 0 Å². The molecule has 1 amide bonds. The van der Waals surface area contributed by atoms with E-state index in [0.29, 0.717) is 19.3 Å². The number of hydrogen-bond donors (Lipinski definition) is 3. The number of unbranched alkanes of at least 4 members (excludes halogenated alkanes) is 25. The van der Waals surface area contributed by atoms with Crippen LogP contribution in [0.15, 0.2) is 72.9 Å². The predicted octanol–water partition coefficient (Wildman–Crippen LogP) is 17.0. The van der Waals surface area contributed by atoms with Gasteiger partial charge in [-0.15, -0.1) is 0 Å². The molecule has 0 aromatic heterocycles. The largest absolute Gasteiger partial charge is 0.462 e. The Hall–Kier alpha value is -2.70. The number of aliphatic hydroxyl groups excluding tert-OH is 2. The highest BCUT2D eigenvalue weighted by atomic mass is 16.5. The first kappa shape index (κ1) is 62.3. The first-order valence-electron chi connectivity index (χ1n) is 27.7. The fourth-order valence-corrected chi connectivity index (χ4v) is 8.04. The van der Waals surface area contributed by atoms with Crippen molar-refractivity contribution in [2.24, 2.45) is 0 Å². The summed E-state index contributed by atoms with van der Waals surface area (Å²) in [7, 11) is 0. The maximum Gasteiger partial charge on any atom is 0.306 e. The number of rotatable bonds is 49. The van der Waals surface area contributed by atoms with Crippen LogP contribution in [0.2, 0.25) is 0 Å². The van der Waals surface area contributed by atoms with Crippen molar-refractivity contribution in [3.05, 3.63) is 72.9 Å². The van der Waals surface area contributed by atoms with Gasteiger partial charge in [-0.05, 0) is 96.3 Å². The predicted molar refractivity (Wildman–Crippen MR) is 282 cm³/mol. The molecule has 3 N–H and O–H groups in total. The Morgan fingerprint density at radius 3 is 1.25 bits per heavy atom. The summed E-state index contributed by atoms with van der Waals surface area (Å²) in [6.45, 7) is 6.42. The molecule has 0 bridgehead atoms. The highest BCUT2D eigenvalue weighted by Crippen LogP contribution is 2.17. The molecule has 0 aliphatic heterocycles. The van der Waals surface area contributed by atoms with Crippen molar-refractivity contribution in [1.82, 2.24) is 5.32 Å². The number of carbonyl (C=O) groups is 2. The molecule has 0 saturated heterocycles. The summed E-state index contributed by atoms with van der Waals surface area (Å²) in [5.74, 6) is -0.535. The summed E-state index contributed by atoms with van der Waals surface area (Å²) in [5.41, 5.74) is 0. The number of esters is 1. The molecule has 0 saturated carbocycles. The Labute approximate surface area is 402 Å². The molecule has 6 heteroatoms. The van der Waals surface area contributed by atoms with Gasteiger partial charge >= 0.3 is 5.97 Å². The molecule has 0 aliphatic rings. The first-order chi connectivity index (χ1) is 32.0. The number of aliphatic hydroxyl groups is 2. The highest BCUT2D eigenvalue weighted by molar-refractivity contribution is 5.77. The molecule has 0 aliphatic carbocycles. The molecule has 3 atom stereocenters. The Morgan fingerprint density at radius 2 is 0.800 bits per heavy atom. The minimum Gasteiger partial charge on any atom is -0.462 e. The second-order valence-electron chi connectivity index (χ2n) is 18.6. The molecule has 65 heavy (non-hydrogen) atoms. The van der Waals surface area contributed by atoms with E-state index in [2.05, 4.69) is 99.0 Å². The maximum absolute atomic E-state index is 13.2. The van der Waals surface area contributed by atoms with Crippen LogP contribution >= 0.6 is 0 Å². The molecule has 0 fully saturated rings. The Kier molecular flexibility index (Phi) is 50.1. The summed E-state index contributed by atoms with van der Waals surface area (Å²) < 4.78 is 5.92. The molecule has 0 aromatic carbocycles. The van der Waals surface area contributed by atoms with Crippen molar-refractivity contribution < 1.29 is 24.5 Å². The Morgan fingerprint density at radius 1 is 0.446 bits per heavy atom. The zero-order chi connectivity index (χ0) is 47.4. The number of nitrogens with one attached hydrogen (secondary N) is 1. The van der Waals surface area contributed by atoms with E-state index >= 15 is 0 Å². The monoisotopic (exact) mass is 908 g/mol. The second kappa shape index (κ2) is 52.3. The van der Waals surface area contributed by atoms with Crippen LogP contribution in [0.25, 0.3) is 0 Å². The number of amides is 1. The highest BCUT2D eigenvalue weighted by Gasteiger charge is 2.24. The molecule has 0 spiro atoms. The van der Waals surface area contributed by atoms with Gasteiger partial charge in [-0.1, -0.05) is 229 Å². The van der Waals surface area contributed by atoms with Gasteiger partial charge < -0.3 is 20.3 Å². The summed E-state index contributed by atoms with van der Waals surface area (Å²) in [6, 6.07) is -0.723. The quantitative estimate of drug-likeness (QED) is 0.0321. The van der Waals surface area contributed by atoms with Crippen LogP contribution in [0.3, 0.4) is 0 Å². The van der Waals surface area contributed by atoms with Crippen LogP contribution in [0.5, 0.6) is 0 Å². The molecule has 0 aromatic rings. The minimum absolute atomic E-state index is 0.0348. The third-order valence-electron chi connectivity index (χ3n) is 12.3. The topological polar surface area (TPSA) is 95.9 Å². The molecular weight excluding hydrogens is 803 g/mol. The summed E-state index contributed by atoms with van der Waals surface area (Å²) in [5, 5.41) is 23.8. The summed E-state index contributed by atoms with van der Waals surface area (Å²) >= 11 is 0. The van der Waals surface area contributed by atoms with Gasteiger partial charge in [-0.3, -0.25) is 9.59 Å². The SMILES string of the molecule is CCCCC/C=C\C/C=C\C/C=C\C/C=C\CCCC(CC(=O)NC(CO)C(O)CCCCCCCCCCCCCC)OC(=O)CCCCCCCCC/C=C\C/C=C\CCCCC. The van der Waals surface area contributed by atoms with E-state index in [9.17, 15) is 19.8 Å². The van der Waals surface area contributed by atoms with Crippen LogP contribution in [-0.4, -0.2) is 46.9 Å². The molecule has 0 radical (unpaired) electrons. The number of allylic oxidation sites excluding steroid dienone is 12. The molecule has 0 rings (SSSR count). The fourth-order valence-electron chi connectivity index (χ4n) is 8.04. The third-order valence-corrected chi connectivity index (χ3v) is 12.3. The lowest BCUT2D eigenvalue weighted by atomic mass is 10.0. The fraction of sp³-hybridized carbons (Fsp3) is 0.763. The van der Waals surface area contributed by atoms with Crippen LogP contribution in [0.1, 0.15) is 265 Å². The van der Waals surface area contributed by atoms with Crippen molar-refractivity contribution >= 4 is 11.9 Å². The van der Waals surface area contributed by atoms with Gasteiger partial charge in [0.05, 0.1) is 25.2 Å². The van der Waals surface area contributed by atoms with Crippen LogP contribution in [-0.2, 0) is 14.3 Å². The average molecular weight is 908 g/mol. The molecule has 6 nitrogen and oxygen atoms in total. The van der Waals surface area contributed by atoms with Gasteiger partial charge in [0.2, 0.25) is 5.91 Å². The van der Waals surface area contributed by atoms with Crippen molar-refractivity contribution in [3.63, 3.8) is 0 Å². The maximum atomic E-state index is 13.2. The number of hydrogen-bond acceptors (Lipinski definition) is 5. The van der Waals surface area contributed by atoms with Crippen molar-refractivity contribution in [1.29, 1.82) is 0 Å². The van der Waals surface area contributed by atoms with E-state index in [1.807, 2.05) is 0 Å². The smallest absolute Gasteiger partial charge is 0.306 e. The van der Waals surface area contributed by atoms with Gasteiger partial charge in [0.25, 0.3) is 0 Å². The number of carbonyl (C=O) groups excluding carboxylic acids is 2. The number of ether oxygens (including phenoxy) is 1. The molecule has 3 unspecified atom stereocenters. The van der Waals surface area contributed by atoms with Crippen LogP contribution < -0.4 is 5.32 Å². The molecule has 0 heterocycles. The van der Waals surface area contributed by atoms with Gasteiger partial charge in [0.15, 0.2) is 0 Å². The second-order valence-corrected chi connectivity index (χ2v) is 18.6. The third kappa shape index (κ3) is 47.6. The van der Waals surface area contributed by atoms with E-state index in [1.165, 1.54) is 135 Å². The lowest BCUT2D eigenvalue weighted by Crippen LogP contribution is -2.46. The molecular formula is C59H105NO5. The minimum atomic E-state index is -0.806. The van der Waals surface area contributed by atoms with Crippen molar-refractivity contribution in [3.8, 4) is 0 Å². The van der Waals surface area contributed by atoms with Crippen molar-refractivity contribution in [2.75, 3.05) is 6.61 Å². The zero-order valence-electron chi connectivity index (χ0n) is 42.9. The summed E-state index contributed by atoms with van der Waals surface area (Å²) in [4.78, 5) is 26.2. The Bertz CT molecular complexity index is 1200. The van der Waals surface area contributed by atoms with Gasteiger partial charge in [0, 0.05) is 6.42 Å². The van der Waals surface area contributed by atoms with E-state index < -0.39 is 18.2 Å². The first-order valence-corrected chi connectivity index (χ1v) is 27.7. The van der Waals surface area contributed by atoms with Gasteiger partial charge in [0.1, 0.15) is 6.10 Å². The van der Waals surface area contributed by atoms with E-state index in [4.69, 9.17) is 4.74 Å². The lowest BCUT2D eigenvalue weighted by Gasteiger charge is -2.24. The van der Waals surface area contributed by atoms with E-state index in [1.54, 1.807) is 0 Å². The zero-order valence-corrected chi connectivity index (χ0v) is 42.9. The lowest BCUT2D eigenvalue weighted by molar-refractivity contribution is -0.151. The van der Waals surface area contributed by atoms with Crippen LogP contribution in [0.4, 0.5) is 0 Å². The average Bonchev–Trinajstić information content (AvgIpc) is 3.30. The molecule has 376 valence electrons. The van der Waals surface area contributed by atoms with Crippen molar-refractivity contribution in [2.45, 2.75) is 283 Å². The Balaban J connectivity index is 4.69. The normalized spacial score (nSPS) is 13.7. The summed E-state index contributed by atoms with van der Waals surface area (Å²) in [6.07, 6.45) is 66.7. The van der Waals surface area contributed by atoms with E-state index in [0.717, 1.165) is 83.5 Å².